The zero-order valence-electron chi connectivity index (χ0n) is 10.4. The lowest BCUT2D eigenvalue weighted by Gasteiger charge is -2.19. The Kier molecular flexibility index (Phi) is 3.26. The number of hydrogen-bond donors (Lipinski definition) is 0. The van der Waals surface area contributed by atoms with Gasteiger partial charge in [-0.2, -0.15) is 0 Å². The summed E-state index contributed by atoms with van der Waals surface area (Å²) in [5.41, 5.74) is 3.54. The third-order valence-corrected chi connectivity index (χ3v) is 3.16. The van der Waals surface area contributed by atoms with Crippen LogP contribution in [0.2, 0.25) is 5.02 Å². The molecule has 1 heteroatoms. The van der Waals surface area contributed by atoms with Crippen molar-refractivity contribution in [3.63, 3.8) is 0 Å². The Morgan fingerprint density at radius 3 is 2.41 bits per heavy atom. The van der Waals surface area contributed by atoms with Gasteiger partial charge in [-0.15, -0.1) is 0 Å². The van der Waals surface area contributed by atoms with Gasteiger partial charge in [-0.05, 0) is 34.7 Å². The highest BCUT2D eigenvalue weighted by molar-refractivity contribution is 6.33. The molecule has 2 aromatic carbocycles. The van der Waals surface area contributed by atoms with Crippen LogP contribution >= 0.6 is 11.6 Å². The summed E-state index contributed by atoms with van der Waals surface area (Å²) in [7, 11) is 0. The van der Waals surface area contributed by atoms with Crippen LogP contribution in [-0.2, 0) is 5.41 Å². The summed E-state index contributed by atoms with van der Waals surface area (Å²) in [6.07, 6.45) is 0. The van der Waals surface area contributed by atoms with Gasteiger partial charge in [0, 0.05) is 10.6 Å². The topological polar surface area (TPSA) is 0 Å². The van der Waals surface area contributed by atoms with E-state index in [0.29, 0.717) is 0 Å². The Labute approximate surface area is 108 Å². The van der Waals surface area contributed by atoms with Crippen LogP contribution in [-0.4, -0.2) is 0 Å². The zero-order valence-corrected chi connectivity index (χ0v) is 11.2. The van der Waals surface area contributed by atoms with E-state index in [0.717, 1.165) is 16.1 Å². The molecule has 0 atom stereocenters. The fourth-order valence-electron chi connectivity index (χ4n) is 1.77. The van der Waals surface area contributed by atoms with Crippen molar-refractivity contribution in [1.82, 2.24) is 0 Å². The molecule has 0 bridgehead atoms. The minimum Gasteiger partial charge on any atom is -0.0837 e. The van der Waals surface area contributed by atoms with Crippen molar-refractivity contribution in [2.75, 3.05) is 0 Å². The van der Waals surface area contributed by atoms with Gasteiger partial charge >= 0.3 is 0 Å². The van der Waals surface area contributed by atoms with E-state index >= 15 is 0 Å². The SMILES string of the molecule is CC(C)(C)c1cc[c]c(-c2ccccc2Cl)c1. The molecule has 0 spiro atoms. The molecule has 0 saturated carbocycles. The Bertz CT molecular complexity index is 521. The summed E-state index contributed by atoms with van der Waals surface area (Å²) in [4.78, 5) is 0. The molecule has 0 aromatic heterocycles. The van der Waals surface area contributed by atoms with Crippen molar-refractivity contribution >= 4 is 11.6 Å². The zero-order chi connectivity index (χ0) is 12.5. The van der Waals surface area contributed by atoms with Gasteiger partial charge in [0.25, 0.3) is 0 Å². The molecule has 0 aliphatic carbocycles. The van der Waals surface area contributed by atoms with E-state index in [-0.39, 0.29) is 5.41 Å². The first kappa shape index (κ1) is 12.2. The molecular formula is C16H16Cl. The predicted octanol–water partition coefficient (Wildman–Crippen LogP) is 5.10. The molecule has 1 radical (unpaired) electrons. The first-order valence-electron chi connectivity index (χ1n) is 5.75. The van der Waals surface area contributed by atoms with Crippen LogP contribution in [0.1, 0.15) is 26.3 Å². The van der Waals surface area contributed by atoms with Gasteiger partial charge in [-0.25, -0.2) is 0 Å². The first-order chi connectivity index (χ1) is 7.98. The molecular weight excluding hydrogens is 228 g/mol. The van der Waals surface area contributed by atoms with E-state index in [1.807, 2.05) is 30.3 Å². The lowest BCUT2D eigenvalue weighted by Crippen LogP contribution is -2.10. The van der Waals surface area contributed by atoms with Crippen molar-refractivity contribution in [3.05, 3.63) is 59.1 Å². The second-order valence-electron chi connectivity index (χ2n) is 5.22. The summed E-state index contributed by atoms with van der Waals surface area (Å²) >= 11 is 6.21. The maximum absolute atomic E-state index is 6.21. The molecule has 0 fully saturated rings. The van der Waals surface area contributed by atoms with Crippen molar-refractivity contribution in [2.24, 2.45) is 0 Å². The van der Waals surface area contributed by atoms with E-state index in [9.17, 15) is 0 Å². The van der Waals surface area contributed by atoms with Crippen LogP contribution in [0.5, 0.6) is 0 Å². The maximum Gasteiger partial charge on any atom is 0.0484 e. The van der Waals surface area contributed by atoms with Crippen LogP contribution in [0, 0.1) is 6.07 Å². The average molecular weight is 244 g/mol. The number of rotatable bonds is 1. The Morgan fingerprint density at radius 1 is 1.06 bits per heavy atom. The Balaban J connectivity index is 2.51. The maximum atomic E-state index is 6.21. The van der Waals surface area contributed by atoms with Crippen molar-refractivity contribution in [1.29, 1.82) is 0 Å². The summed E-state index contributed by atoms with van der Waals surface area (Å²) in [5, 5.41) is 0.773. The molecule has 0 nitrogen and oxygen atoms in total. The van der Waals surface area contributed by atoms with E-state index < -0.39 is 0 Å². The van der Waals surface area contributed by atoms with E-state index in [1.54, 1.807) is 0 Å². The molecule has 87 valence electrons. The van der Waals surface area contributed by atoms with Gasteiger partial charge in [0.05, 0.1) is 0 Å². The second-order valence-corrected chi connectivity index (χ2v) is 5.63. The van der Waals surface area contributed by atoms with Crippen LogP contribution in [0.25, 0.3) is 11.1 Å². The summed E-state index contributed by atoms with van der Waals surface area (Å²) < 4.78 is 0. The third kappa shape index (κ3) is 2.70. The summed E-state index contributed by atoms with van der Waals surface area (Å²) in [5.74, 6) is 0. The Hall–Kier alpha value is -1.27. The van der Waals surface area contributed by atoms with E-state index in [1.165, 1.54) is 5.56 Å². The van der Waals surface area contributed by atoms with Crippen molar-refractivity contribution < 1.29 is 0 Å². The molecule has 0 heterocycles. The van der Waals surface area contributed by atoms with Gasteiger partial charge in [-0.1, -0.05) is 62.7 Å². The molecule has 0 aliphatic rings. The normalized spacial score (nSPS) is 11.5. The average Bonchev–Trinajstić information content (AvgIpc) is 2.29. The fraction of sp³-hybridized carbons (Fsp3) is 0.250. The van der Waals surface area contributed by atoms with Crippen LogP contribution < -0.4 is 0 Å². The highest BCUT2D eigenvalue weighted by Gasteiger charge is 2.14. The van der Waals surface area contributed by atoms with Gasteiger partial charge in [0.2, 0.25) is 0 Å². The van der Waals surface area contributed by atoms with E-state index in [2.05, 4.69) is 39.0 Å². The largest absolute Gasteiger partial charge is 0.0837 e. The predicted molar refractivity (Wildman–Crippen MR) is 74.4 cm³/mol. The molecule has 0 N–H and O–H groups in total. The molecule has 2 rings (SSSR count). The lowest BCUT2D eigenvalue weighted by atomic mass is 9.85. The Morgan fingerprint density at radius 2 is 1.76 bits per heavy atom. The fourth-order valence-corrected chi connectivity index (χ4v) is 2.01. The highest BCUT2D eigenvalue weighted by Crippen LogP contribution is 2.30. The van der Waals surface area contributed by atoms with Gasteiger partial charge in [0.1, 0.15) is 0 Å². The van der Waals surface area contributed by atoms with Gasteiger partial charge in [0.15, 0.2) is 0 Å². The molecule has 0 saturated heterocycles. The minimum absolute atomic E-state index is 0.144. The number of halogens is 1. The smallest absolute Gasteiger partial charge is 0.0484 e. The highest BCUT2D eigenvalue weighted by atomic mass is 35.5. The lowest BCUT2D eigenvalue weighted by molar-refractivity contribution is 0.590. The summed E-state index contributed by atoms with van der Waals surface area (Å²) in [6.45, 7) is 6.62. The monoisotopic (exact) mass is 243 g/mol. The molecule has 2 aromatic rings. The standard InChI is InChI=1S/C16H16Cl/c1-16(2,3)13-8-6-7-12(11-13)14-9-4-5-10-15(14)17/h4-6,8-11H,1-3H3. The number of benzene rings is 2. The molecule has 0 amide bonds. The molecule has 17 heavy (non-hydrogen) atoms. The van der Waals surface area contributed by atoms with Crippen molar-refractivity contribution in [3.8, 4) is 11.1 Å². The van der Waals surface area contributed by atoms with E-state index in [4.69, 9.17) is 11.6 Å². The van der Waals surface area contributed by atoms with Crippen LogP contribution in [0.4, 0.5) is 0 Å². The molecule has 0 unspecified atom stereocenters. The third-order valence-electron chi connectivity index (χ3n) is 2.83. The van der Waals surface area contributed by atoms with Gasteiger partial charge in [-0.3, -0.25) is 0 Å². The van der Waals surface area contributed by atoms with Crippen LogP contribution in [0.15, 0.2) is 42.5 Å². The minimum atomic E-state index is 0.144. The van der Waals surface area contributed by atoms with Crippen molar-refractivity contribution in [2.45, 2.75) is 26.2 Å². The summed E-state index contributed by atoms with van der Waals surface area (Å²) in [6, 6.07) is 17.4. The number of hydrogen-bond acceptors (Lipinski definition) is 0. The second kappa shape index (κ2) is 4.54. The quantitative estimate of drug-likeness (QED) is 0.653. The van der Waals surface area contributed by atoms with Crippen LogP contribution in [0.3, 0.4) is 0 Å². The molecule has 0 aliphatic heterocycles. The van der Waals surface area contributed by atoms with Gasteiger partial charge < -0.3 is 0 Å². The first-order valence-corrected chi connectivity index (χ1v) is 6.13.